The van der Waals surface area contributed by atoms with Crippen LogP contribution < -0.4 is 0 Å². The first-order valence-electron chi connectivity index (χ1n) is 9.76. The van der Waals surface area contributed by atoms with Gasteiger partial charge in [0.2, 0.25) is 0 Å². The lowest BCUT2D eigenvalue weighted by Crippen LogP contribution is -2.48. The number of carbonyl (C=O) groups is 1. The molecular weight excluding hydrogens is 352 g/mol. The van der Waals surface area contributed by atoms with E-state index < -0.39 is 0 Å². The molecule has 3 saturated carbocycles. The molecule has 0 aliphatic heterocycles. The fourth-order valence-corrected chi connectivity index (χ4v) is 7.41. The van der Waals surface area contributed by atoms with Crippen molar-refractivity contribution in [2.75, 3.05) is 11.9 Å². The van der Waals surface area contributed by atoms with Crippen LogP contribution >= 0.6 is 15.9 Å². The first kappa shape index (κ1) is 17.9. The van der Waals surface area contributed by atoms with Gasteiger partial charge in [0.25, 0.3) is 0 Å². The van der Waals surface area contributed by atoms with Gasteiger partial charge in [-0.25, -0.2) is 0 Å². The summed E-state index contributed by atoms with van der Waals surface area (Å²) in [4.78, 5) is 12.4. The quantitative estimate of drug-likeness (QED) is 0.689. The molecule has 3 aliphatic rings. The number of carbonyl (C=O) groups excluding carboxylic acids is 1. The average molecular weight is 385 g/mol. The molecule has 0 amide bonds. The maximum absolute atomic E-state index is 12.4. The highest BCUT2D eigenvalue weighted by molar-refractivity contribution is 9.09. The number of aliphatic hydroxyl groups is 1. The number of hydrogen-bond acceptors (Lipinski definition) is 2. The van der Waals surface area contributed by atoms with Gasteiger partial charge in [0, 0.05) is 12.5 Å². The zero-order valence-electron chi connectivity index (χ0n) is 14.8. The van der Waals surface area contributed by atoms with Crippen LogP contribution in [0.2, 0.25) is 0 Å². The van der Waals surface area contributed by atoms with Gasteiger partial charge in [-0.3, -0.25) is 4.79 Å². The van der Waals surface area contributed by atoms with Crippen LogP contribution in [-0.4, -0.2) is 22.8 Å². The maximum atomic E-state index is 12.4. The highest BCUT2D eigenvalue weighted by Crippen LogP contribution is 2.63. The summed E-state index contributed by atoms with van der Waals surface area (Å²) in [5.74, 6) is 4.72. The van der Waals surface area contributed by atoms with E-state index in [2.05, 4.69) is 29.8 Å². The summed E-state index contributed by atoms with van der Waals surface area (Å²) in [5.41, 5.74) is 0.258. The molecule has 0 saturated heterocycles. The summed E-state index contributed by atoms with van der Waals surface area (Å²) in [5, 5.41) is 9.93. The van der Waals surface area contributed by atoms with Crippen LogP contribution in [0.25, 0.3) is 0 Å². The number of halogens is 1. The van der Waals surface area contributed by atoms with Crippen molar-refractivity contribution in [1.82, 2.24) is 0 Å². The molecule has 23 heavy (non-hydrogen) atoms. The monoisotopic (exact) mass is 384 g/mol. The van der Waals surface area contributed by atoms with Gasteiger partial charge in [0.1, 0.15) is 5.78 Å². The predicted molar refractivity (Wildman–Crippen MR) is 97.5 cm³/mol. The van der Waals surface area contributed by atoms with Crippen LogP contribution in [0.3, 0.4) is 0 Å². The Labute approximate surface area is 149 Å². The Kier molecular flexibility index (Phi) is 5.57. The molecule has 3 rings (SSSR count). The van der Waals surface area contributed by atoms with Gasteiger partial charge >= 0.3 is 0 Å². The Balaban J connectivity index is 1.80. The van der Waals surface area contributed by atoms with Crippen LogP contribution in [0.1, 0.15) is 65.2 Å². The molecular formula is C20H33BrO2. The number of Topliss-reactive ketones (excluding diaryl/α,β-unsaturated/α-hetero) is 1. The van der Waals surface area contributed by atoms with E-state index in [9.17, 15) is 9.90 Å². The summed E-state index contributed by atoms with van der Waals surface area (Å²) < 4.78 is 0. The van der Waals surface area contributed by atoms with E-state index in [-0.39, 0.29) is 5.41 Å². The molecule has 0 unspecified atom stereocenters. The zero-order valence-corrected chi connectivity index (χ0v) is 16.4. The molecule has 7 atom stereocenters. The molecule has 3 fully saturated rings. The van der Waals surface area contributed by atoms with E-state index in [1.165, 1.54) is 38.5 Å². The summed E-state index contributed by atoms with van der Waals surface area (Å²) >= 11 is 3.41. The minimum Gasteiger partial charge on any atom is -0.396 e. The Morgan fingerprint density at radius 1 is 1.17 bits per heavy atom. The summed E-state index contributed by atoms with van der Waals surface area (Å²) in [6, 6.07) is 0. The van der Waals surface area contributed by atoms with E-state index >= 15 is 0 Å². The van der Waals surface area contributed by atoms with Crippen molar-refractivity contribution in [2.24, 2.45) is 40.9 Å². The number of rotatable bonds is 5. The molecule has 0 bridgehead atoms. The molecule has 0 aromatic carbocycles. The van der Waals surface area contributed by atoms with Gasteiger partial charge in [0.15, 0.2) is 0 Å². The summed E-state index contributed by atoms with van der Waals surface area (Å²) in [7, 11) is 0. The number of hydrogen-bond donors (Lipinski definition) is 1. The third-order valence-corrected chi connectivity index (χ3v) is 8.56. The minimum absolute atomic E-state index is 0.258. The second-order valence-corrected chi connectivity index (χ2v) is 9.19. The standard InChI is InChI=1S/C20H33BrO2/c1-3-14-13(9-11-22)4-5-16-15(14)8-10-20(2)17(16)6-7-18(20)19(23)12-21/h13-18,22H,3-12H2,1-2H3/t13-,14-,15+,16+,17-,18+,20-/m0/s1. The Bertz CT molecular complexity index is 437. The van der Waals surface area contributed by atoms with E-state index in [4.69, 9.17) is 0 Å². The molecule has 0 radical (unpaired) electrons. The van der Waals surface area contributed by atoms with Gasteiger partial charge < -0.3 is 5.11 Å². The fourth-order valence-electron chi connectivity index (χ4n) is 7.02. The van der Waals surface area contributed by atoms with Crippen molar-refractivity contribution in [3.05, 3.63) is 0 Å². The first-order chi connectivity index (χ1) is 11.1. The smallest absolute Gasteiger partial charge is 0.147 e. The number of alkyl halides is 1. The van der Waals surface area contributed by atoms with Crippen molar-refractivity contribution >= 4 is 21.7 Å². The molecule has 2 nitrogen and oxygen atoms in total. The first-order valence-corrected chi connectivity index (χ1v) is 10.9. The van der Waals surface area contributed by atoms with E-state index in [0.717, 1.165) is 42.4 Å². The van der Waals surface area contributed by atoms with Crippen LogP contribution in [0.4, 0.5) is 0 Å². The van der Waals surface area contributed by atoms with Gasteiger partial charge in [0.05, 0.1) is 5.33 Å². The van der Waals surface area contributed by atoms with Gasteiger partial charge in [-0.05, 0) is 80.0 Å². The van der Waals surface area contributed by atoms with Crippen LogP contribution in [0.5, 0.6) is 0 Å². The molecule has 0 aromatic rings. The number of fused-ring (bicyclic) bond motifs is 3. The molecule has 3 aliphatic carbocycles. The summed E-state index contributed by atoms with van der Waals surface area (Å²) in [6.07, 6.45) is 9.82. The average Bonchev–Trinajstić information content (AvgIpc) is 2.91. The Morgan fingerprint density at radius 2 is 1.96 bits per heavy atom. The van der Waals surface area contributed by atoms with Crippen molar-refractivity contribution in [1.29, 1.82) is 0 Å². The van der Waals surface area contributed by atoms with Crippen molar-refractivity contribution in [2.45, 2.75) is 65.2 Å². The zero-order chi connectivity index (χ0) is 16.6. The summed E-state index contributed by atoms with van der Waals surface area (Å²) in [6.45, 7) is 5.12. The van der Waals surface area contributed by atoms with Crippen molar-refractivity contribution < 1.29 is 9.90 Å². The fraction of sp³-hybridized carbons (Fsp3) is 0.950. The normalized spacial score (nSPS) is 46.3. The maximum Gasteiger partial charge on any atom is 0.147 e. The molecule has 1 N–H and O–H groups in total. The molecule has 0 aromatic heterocycles. The molecule has 3 heteroatoms. The van der Waals surface area contributed by atoms with E-state index in [1.54, 1.807) is 0 Å². The van der Waals surface area contributed by atoms with E-state index in [0.29, 0.717) is 23.6 Å². The lowest BCUT2D eigenvalue weighted by molar-refractivity contribution is -0.127. The van der Waals surface area contributed by atoms with Crippen molar-refractivity contribution in [3.8, 4) is 0 Å². The number of aliphatic hydroxyl groups excluding tert-OH is 1. The van der Waals surface area contributed by atoms with Gasteiger partial charge in [-0.1, -0.05) is 36.2 Å². The second-order valence-electron chi connectivity index (χ2n) is 8.63. The topological polar surface area (TPSA) is 37.3 Å². The predicted octanol–water partition coefficient (Wildman–Crippen LogP) is 4.83. The highest BCUT2D eigenvalue weighted by Gasteiger charge is 2.57. The van der Waals surface area contributed by atoms with Crippen LogP contribution in [-0.2, 0) is 4.79 Å². The van der Waals surface area contributed by atoms with Gasteiger partial charge in [-0.15, -0.1) is 0 Å². The van der Waals surface area contributed by atoms with Crippen LogP contribution in [0.15, 0.2) is 0 Å². The van der Waals surface area contributed by atoms with E-state index in [1.807, 2.05) is 0 Å². The molecule has 0 spiro atoms. The largest absolute Gasteiger partial charge is 0.396 e. The van der Waals surface area contributed by atoms with Crippen molar-refractivity contribution in [3.63, 3.8) is 0 Å². The Hall–Kier alpha value is 0.110. The Morgan fingerprint density at radius 3 is 2.61 bits per heavy atom. The molecule has 0 heterocycles. The minimum atomic E-state index is 0.258. The molecule has 132 valence electrons. The van der Waals surface area contributed by atoms with Crippen LogP contribution in [0, 0.1) is 40.9 Å². The SMILES string of the molecule is CC[C@H]1[C@H](CCO)CC[C@@H]2[C@@H]1CC[C@]1(C)[C@@H](C(=O)CBr)CC[C@@H]21. The highest BCUT2D eigenvalue weighted by atomic mass is 79.9. The third-order valence-electron chi connectivity index (χ3n) is 8.01. The third kappa shape index (κ3) is 2.94. The second kappa shape index (κ2) is 7.15. The lowest BCUT2D eigenvalue weighted by Gasteiger charge is -2.54. The van der Waals surface area contributed by atoms with Gasteiger partial charge in [-0.2, -0.15) is 0 Å². The lowest BCUT2D eigenvalue weighted by atomic mass is 9.50. The number of ketones is 1.